The molecule has 0 saturated carbocycles. The molecule has 1 heterocycles. The highest BCUT2D eigenvalue weighted by atomic mass is 19.1. The number of halogens is 1. The van der Waals surface area contributed by atoms with E-state index in [2.05, 4.69) is 4.90 Å². The molecule has 1 atom stereocenters. The minimum atomic E-state index is -1.30. The number of rotatable bonds is 2. The molecular weight excluding hydrogens is 249 g/mol. The van der Waals surface area contributed by atoms with Crippen molar-refractivity contribution in [3.05, 3.63) is 23.5 Å². The van der Waals surface area contributed by atoms with Crippen LogP contribution in [-0.4, -0.2) is 48.7 Å². The summed E-state index contributed by atoms with van der Waals surface area (Å²) >= 11 is 0. The van der Waals surface area contributed by atoms with Crippen molar-refractivity contribution >= 4 is 17.3 Å². The van der Waals surface area contributed by atoms with Crippen LogP contribution in [0.3, 0.4) is 0 Å². The van der Waals surface area contributed by atoms with Gasteiger partial charge in [0, 0.05) is 31.7 Å². The van der Waals surface area contributed by atoms with Crippen LogP contribution in [0.5, 0.6) is 0 Å². The molecule has 1 aromatic carbocycles. The van der Waals surface area contributed by atoms with Gasteiger partial charge in [0.25, 0.3) is 0 Å². The SMILES string of the molecule is CC1CN(C)CCN1c1cc(F)c(C(=O)O)cc1N. The highest BCUT2D eigenvalue weighted by molar-refractivity contribution is 5.91. The van der Waals surface area contributed by atoms with Crippen molar-refractivity contribution in [2.75, 3.05) is 37.3 Å². The van der Waals surface area contributed by atoms with Gasteiger partial charge in [-0.1, -0.05) is 0 Å². The molecule has 0 spiro atoms. The smallest absolute Gasteiger partial charge is 0.338 e. The molecule has 6 heteroatoms. The maximum atomic E-state index is 13.8. The summed E-state index contributed by atoms with van der Waals surface area (Å²) in [5.74, 6) is -2.05. The number of benzene rings is 1. The van der Waals surface area contributed by atoms with Crippen molar-refractivity contribution in [1.29, 1.82) is 0 Å². The molecule has 2 rings (SSSR count). The predicted octanol–water partition coefficient (Wildman–Crippen LogP) is 1.25. The molecule has 1 aromatic rings. The van der Waals surface area contributed by atoms with Gasteiger partial charge in [-0.3, -0.25) is 0 Å². The number of aromatic carboxylic acids is 1. The summed E-state index contributed by atoms with van der Waals surface area (Å²) in [6, 6.07) is 2.62. The average Bonchev–Trinajstić information content (AvgIpc) is 2.32. The summed E-state index contributed by atoms with van der Waals surface area (Å²) in [7, 11) is 2.03. The normalized spacial score (nSPS) is 20.6. The van der Waals surface area contributed by atoms with Gasteiger partial charge in [0.05, 0.1) is 16.9 Å². The molecule has 1 unspecified atom stereocenters. The van der Waals surface area contributed by atoms with Crippen molar-refractivity contribution in [2.24, 2.45) is 0 Å². The van der Waals surface area contributed by atoms with Crippen molar-refractivity contribution in [3.63, 3.8) is 0 Å². The van der Waals surface area contributed by atoms with Crippen LogP contribution in [-0.2, 0) is 0 Å². The molecular formula is C13H18FN3O2. The van der Waals surface area contributed by atoms with Gasteiger partial charge in [-0.15, -0.1) is 0 Å². The topological polar surface area (TPSA) is 69.8 Å². The molecule has 0 aromatic heterocycles. The zero-order chi connectivity index (χ0) is 14.2. The van der Waals surface area contributed by atoms with E-state index in [0.717, 1.165) is 19.6 Å². The Labute approximate surface area is 111 Å². The second-order valence-electron chi connectivity index (χ2n) is 5.00. The number of hydrogen-bond acceptors (Lipinski definition) is 4. The van der Waals surface area contributed by atoms with Gasteiger partial charge < -0.3 is 20.6 Å². The van der Waals surface area contributed by atoms with E-state index in [4.69, 9.17) is 10.8 Å². The molecule has 0 aliphatic carbocycles. The summed E-state index contributed by atoms with van der Waals surface area (Å²) in [6.07, 6.45) is 0. The molecule has 0 amide bonds. The van der Waals surface area contributed by atoms with Gasteiger partial charge in [0.2, 0.25) is 0 Å². The zero-order valence-electron chi connectivity index (χ0n) is 11.1. The summed E-state index contributed by atoms with van der Waals surface area (Å²) in [5, 5.41) is 8.86. The summed E-state index contributed by atoms with van der Waals surface area (Å²) in [4.78, 5) is 15.1. The monoisotopic (exact) mass is 267 g/mol. The second kappa shape index (κ2) is 5.05. The van der Waals surface area contributed by atoms with Gasteiger partial charge in [-0.25, -0.2) is 9.18 Å². The lowest BCUT2D eigenvalue weighted by atomic mass is 10.1. The number of piperazine rings is 1. The summed E-state index contributed by atoms with van der Waals surface area (Å²) in [6.45, 7) is 4.51. The first-order valence-electron chi connectivity index (χ1n) is 6.17. The van der Waals surface area contributed by atoms with E-state index in [0.29, 0.717) is 11.4 Å². The highest BCUT2D eigenvalue weighted by Gasteiger charge is 2.25. The van der Waals surface area contributed by atoms with E-state index in [1.165, 1.54) is 12.1 Å². The third kappa shape index (κ3) is 2.63. The van der Waals surface area contributed by atoms with Crippen molar-refractivity contribution in [3.8, 4) is 0 Å². The van der Waals surface area contributed by atoms with Crippen molar-refractivity contribution < 1.29 is 14.3 Å². The van der Waals surface area contributed by atoms with Crippen LogP contribution in [0.15, 0.2) is 12.1 Å². The Balaban J connectivity index is 2.35. The van der Waals surface area contributed by atoms with Crippen LogP contribution in [0.2, 0.25) is 0 Å². The van der Waals surface area contributed by atoms with Gasteiger partial charge >= 0.3 is 5.97 Å². The molecule has 3 N–H and O–H groups in total. The highest BCUT2D eigenvalue weighted by Crippen LogP contribution is 2.29. The summed E-state index contributed by atoms with van der Waals surface area (Å²) < 4.78 is 13.8. The Kier molecular flexibility index (Phi) is 3.61. The van der Waals surface area contributed by atoms with Crippen molar-refractivity contribution in [1.82, 2.24) is 4.90 Å². The van der Waals surface area contributed by atoms with Gasteiger partial charge in [0.1, 0.15) is 5.82 Å². The maximum Gasteiger partial charge on any atom is 0.338 e. The predicted molar refractivity (Wildman–Crippen MR) is 72.1 cm³/mol. The first-order valence-corrected chi connectivity index (χ1v) is 6.17. The van der Waals surface area contributed by atoms with Crippen LogP contribution in [0.25, 0.3) is 0 Å². The average molecular weight is 267 g/mol. The third-order valence-corrected chi connectivity index (χ3v) is 3.49. The molecule has 0 bridgehead atoms. The molecule has 1 fully saturated rings. The lowest BCUT2D eigenvalue weighted by Crippen LogP contribution is -2.50. The minimum absolute atomic E-state index is 0.205. The van der Waals surface area contributed by atoms with E-state index < -0.39 is 11.8 Å². The fraction of sp³-hybridized carbons (Fsp3) is 0.462. The number of carboxylic acid groups (broad SMARTS) is 1. The van der Waals surface area contributed by atoms with E-state index >= 15 is 0 Å². The second-order valence-corrected chi connectivity index (χ2v) is 5.00. The molecule has 104 valence electrons. The Morgan fingerprint density at radius 2 is 2.16 bits per heavy atom. The van der Waals surface area contributed by atoms with E-state index in [-0.39, 0.29) is 11.6 Å². The van der Waals surface area contributed by atoms with E-state index in [9.17, 15) is 9.18 Å². The van der Waals surface area contributed by atoms with Crippen LogP contribution < -0.4 is 10.6 Å². The van der Waals surface area contributed by atoms with Gasteiger partial charge in [0.15, 0.2) is 0 Å². The number of nitrogen functional groups attached to an aromatic ring is 1. The lowest BCUT2D eigenvalue weighted by Gasteiger charge is -2.40. The van der Waals surface area contributed by atoms with E-state index in [1.54, 1.807) is 0 Å². The first kappa shape index (κ1) is 13.6. The quantitative estimate of drug-likeness (QED) is 0.789. The number of nitrogens with two attached hydrogens (primary N) is 1. The fourth-order valence-electron chi connectivity index (χ4n) is 2.49. The minimum Gasteiger partial charge on any atom is -0.478 e. The number of hydrogen-bond donors (Lipinski definition) is 2. The largest absolute Gasteiger partial charge is 0.478 e. The number of carbonyl (C=O) groups is 1. The standard InChI is InChI=1S/C13H18FN3O2/c1-8-7-16(2)3-4-17(8)12-6-10(14)9(13(18)19)5-11(12)15/h5-6,8H,3-4,7,15H2,1-2H3,(H,18,19). The zero-order valence-corrected chi connectivity index (χ0v) is 11.1. The lowest BCUT2D eigenvalue weighted by molar-refractivity contribution is 0.0692. The number of nitrogens with zero attached hydrogens (tertiary/aromatic N) is 2. The Hall–Kier alpha value is -1.82. The third-order valence-electron chi connectivity index (χ3n) is 3.49. The number of carboxylic acids is 1. The first-order chi connectivity index (χ1) is 8.90. The molecule has 19 heavy (non-hydrogen) atoms. The van der Waals surface area contributed by atoms with Crippen molar-refractivity contribution in [2.45, 2.75) is 13.0 Å². The van der Waals surface area contributed by atoms with E-state index in [1.807, 2.05) is 18.9 Å². The Morgan fingerprint density at radius 3 is 2.74 bits per heavy atom. The Bertz CT molecular complexity index is 507. The van der Waals surface area contributed by atoms with Crippen LogP contribution >= 0.6 is 0 Å². The molecule has 1 saturated heterocycles. The van der Waals surface area contributed by atoms with Gasteiger partial charge in [-0.2, -0.15) is 0 Å². The molecule has 1 aliphatic rings. The molecule has 1 aliphatic heterocycles. The Morgan fingerprint density at radius 1 is 1.47 bits per heavy atom. The molecule has 5 nitrogen and oxygen atoms in total. The number of anilines is 2. The van der Waals surface area contributed by atoms with Crippen LogP contribution in [0.1, 0.15) is 17.3 Å². The molecule has 0 radical (unpaired) electrons. The summed E-state index contributed by atoms with van der Waals surface area (Å²) in [5.41, 5.74) is 6.36. The maximum absolute atomic E-state index is 13.8. The van der Waals surface area contributed by atoms with Crippen LogP contribution in [0, 0.1) is 5.82 Å². The van der Waals surface area contributed by atoms with Crippen LogP contribution in [0.4, 0.5) is 15.8 Å². The van der Waals surface area contributed by atoms with Gasteiger partial charge in [-0.05, 0) is 20.0 Å². The fourth-order valence-corrected chi connectivity index (χ4v) is 2.49. The number of likely N-dealkylation sites (N-methyl/N-ethyl adjacent to an activating group) is 1.